The summed E-state index contributed by atoms with van der Waals surface area (Å²) in [5, 5.41) is 3.57. The Bertz CT molecular complexity index is 221. The Morgan fingerprint density at radius 1 is 1.32 bits per heavy atom. The zero-order chi connectivity index (χ0) is 14.1. The molecule has 1 heterocycles. The highest BCUT2D eigenvalue weighted by Crippen LogP contribution is 2.14. The average Bonchev–Trinajstić information content (AvgIpc) is 2.76. The largest absolute Gasteiger partial charge is 0.379 e. The van der Waals surface area contributed by atoms with Crippen LogP contribution in [0.15, 0.2) is 0 Å². The first-order chi connectivity index (χ1) is 9.08. The molecule has 1 atom stereocenters. The molecule has 1 rings (SSSR count). The maximum absolute atomic E-state index is 5.66. The van der Waals surface area contributed by atoms with Gasteiger partial charge >= 0.3 is 0 Å². The van der Waals surface area contributed by atoms with Gasteiger partial charge in [-0.25, -0.2) is 0 Å². The first-order valence-corrected chi connectivity index (χ1v) is 7.73. The van der Waals surface area contributed by atoms with Crippen LogP contribution in [-0.4, -0.2) is 76.4 Å². The lowest BCUT2D eigenvalue weighted by Crippen LogP contribution is -2.30. The lowest BCUT2D eigenvalue weighted by atomic mass is 10.1. The SMILES string of the molecule is CC(C)CNCC1CCN(CCOCCN(C)C)C1. The fraction of sp³-hybridized carbons (Fsp3) is 1.00. The molecule has 1 N–H and O–H groups in total. The molecule has 1 unspecified atom stereocenters. The van der Waals surface area contributed by atoms with Crippen molar-refractivity contribution < 1.29 is 4.74 Å². The monoisotopic (exact) mass is 271 g/mol. The summed E-state index contributed by atoms with van der Waals surface area (Å²) in [6.45, 7) is 13.2. The number of nitrogens with one attached hydrogen (secondary N) is 1. The van der Waals surface area contributed by atoms with Crippen molar-refractivity contribution in [1.82, 2.24) is 15.1 Å². The van der Waals surface area contributed by atoms with Gasteiger partial charge in [-0.1, -0.05) is 13.8 Å². The maximum atomic E-state index is 5.66. The summed E-state index contributed by atoms with van der Waals surface area (Å²) in [5.74, 6) is 1.59. The van der Waals surface area contributed by atoms with Crippen molar-refractivity contribution in [3.05, 3.63) is 0 Å². The smallest absolute Gasteiger partial charge is 0.0594 e. The van der Waals surface area contributed by atoms with Crippen molar-refractivity contribution in [2.24, 2.45) is 11.8 Å². The number of nitrogens with zero attached hydrogens (tertiary/aromatic N) is 2. The van der Waals surface area contributed by atoms with Crippen LogP contribution in [0.4, 0.5) is 0 Å². The maximum Gasteiger partial charge on any atom is 0.0594 e. The predicted octanol–water partition coefficient (Wildman–Crippen LogP) is 1.13. The van der Waals surface area contributed by atoms with E-state index in [1.165, 1.54) is 26.1 Å². The van der Waals surface area contributed by atoms with Gasteiger partial charge < -0.3 is 19.9 Å². The highest BCUT2D eigenvalue weighted by Gasteiger charge is 2.21. The van der Waals surface area contributed by atoms with E-state index in [0.29, 0.717) is 0 Å². The second-order valence-electron chi connectivity index (χ2n) is 6.42. The third kappa shape index (κ3) is 8.58. The van der Waals surface area contributed by atoms with E-state index < -0.39 is 0 Å². The molecule has 0 aromatic heterocycles. The second kappa shape index (κ2) is 9.70. The molecule has 1 aliphatic heterocycles. The highest BCUT2D eigenvalue weighted by molar-refractivity contribution is 4.77. The van der Waals surface area contributed by atoms with E-state index in [4.69, 9.17) is 4.74 Å². The first-order valence-electron chi connectivity index (χ1n) is 7.73. The summed E-state index contributed by atoms with van der Waals surface area (Å²) in [6.07, 6.45) is 1.34. The van der Waals surface area contributed by atoms with Crippen molar-refractivity contribution in [3.8, 4) is 0 Å². The minimum atomic E-state index is 0.752. The van der Waals surface area contributed by atoms with E-state index in [-0.39, 0.29) is 0 Å². The normalized spacial score (nSPS) is 20.8. The van der Waals surface area contributed by atoms with Crippen LogP contribution in [0.1, 0.15) is 20.3 Å². The van der Waals surface area contributed by atoms with E-state index in [1.807, 2.05) is 0 Å². The van der Waals surface area contributed by atoms with Gasteiger partial charge in [0.1, 0.15) is 0 Å². The van der Waals surface area contributed by atoms with Crippen LogP contribution in [-0.2, 0) is 4.74 Å². The molecule has 0 bridgehead atoms. The Morgan fingerprint density at radius 2 is 2.11 bits per heavy atom. The number of likely N-dealkylation sites (tertiary alicyclic amines) is 1. The molecule has 1 saturated heterocycles. The molecular weight excluding hydrogens is 238 g/mol. The molecule has 114 valence electrons. The van der Waals surface area contributed by atoms with Crippen LogP contribution < -0.4 is 5.32 Å². The standard InChI is InChI=1S/C15H33N3O/c1-14(2)11-16-12-15-5-6-18(13-15)8-10-19-9-7-17(3)4/h14-16H,5-13H2,1-4H3. The number of hydrogen-bond acceptors (Lipinski definition) is 4. The van der Waals surface area contributed by atoms with Crippen LogP contribution in [0.3, 0.4) is 0 Å². The lowest BCUT2D eigenvalue weighted by Gasteiger charge is -2.17. The minimum Gasteiger partial charge on any atom is -0.379 e. The third-order valence-electron chi connectivity index (χ3n) is 3.59. The summed E-state index contributed by atoms with van der Waals surface area (Å²) >= 11 is 0. The van der Waals surface area contributed by atoms with Gasteiger partial charge in [0.2, 0.25) is 0 Å². The minimum absolute atomic E-state index is 0.752. The molecular formula is C15H33N3O. The van der Waals surface area contributed by atoms with Crippen molar-refractivity contribution >= 4 is 0 Å². The molecule has 0 aromatic rings. The van der Waals surface area contributed by atoms with E-state index in [1.54, 1.807) is 0 Å². The van der Waals surface area contributed by atoms with Gasteiger partial charge in [-0.05, 0) is 52.0 Å². The van der Waals surface area contributed by atoms with Gasteiger partial charge in [-0.3, -0.25) is 0 Å². The van der Waals surface area contributed by atoms with Gasteiger partial charge in [0.05, 0.1) is 13.2 Å². The van der Waals surface area contributed by atoms with Gasteiger partial charge in [0.25, 0.3) is 0 Å². The average molecular weight is 271 g/mol. The Hall–Kier alpha value is -0.160. The van der Waals surface area contributed by atoms with Gasteiger partial charge in [-0.15, -0.1) is 0 Å². The fourth-order valence-corrected chi connectivity index (χ4v) is 2.40. The van der Waals surface area contributed by atoms with Crippen molar-refractivity contribution in [1.29, 1.82) is 0 Å². The van der Waals surface area contributed by atoms with Crippen LogP contribution >= 0.6 is 0 Å². The molecule has 19 heavy (non-hydrogen) atoms. The van der Waals surface area contributed by atoms with Crippen molar-refractivity contribution in [2.45, 2.75) is 20.3 Å². The molecule has 4 heteroatoms. The quantitative estimate of drug-likeness (QED) is 0.603. The summed E-state index contributed by atoms with van der Waals surface area (Å²) in [4.78, 5) is 4.70. The van der Waals surface area contributed by atoms with Crippen LogP contribution in [0, 0.1) is 11.8 Å². The van der Waals surface area contributed by atoms with E-state index in [9.17, 15) is 0 Å². The molecule has 0 radical (unpaired) electrons. The summed E-state index contributed by atoms with van der Waals surface area (Å²) < 4.78 is 5.66. The van der Waals surface area contributed by atoms with Crippen molar-refractivity contribution in [3.63, 3.8) is 0 Å². The molecule has 0 spiro atoms. The zero-order valence-electron chi connectivity index (χ0n) is 13.3. The number of ether oxygens (including phenoxy) is 1. The summed E-state index contributed by atoms with van der Waals surface area (Å²) in [7, 11) is 4.16. The van der Waals surface area contributed by atoms with Crippen LogP contribution in [0.5, 0.6) is 0 Å². The second-order valence-corrected chi connectivity index (χ2v) is 6.42. The molecule has 1 fully saturated rings. The molecule has 0 amide bonds. The Balaban J connectivity index is 1.96. The zero-order valence-corrected chi connectivity index (χ0v) is 13.3. The number of rotatable bonds is 10. The van der Waals surface area contributed by atoms with E-state index >= 15 is 0 Å². The summed E-state index contributed by atoms with van der Waals surface area (Å²) in [5.41, 5.74) is 0. The van der Waals surface area contributed by atoms with Crippen molar-refractivity contribution in [2.75, 3.05) is 66.6 Å². The van der Waals surface area contributed by atoms with Crippen LogP contribution in [0.25, 0.3) is 0 Å². The predicted molar refractivity (Wildman–Crippen MR) is 81.6 cm³/mol. The molecule has 1 aliphatic rings. The number of hydrogen-bond donors (Lipinski definition) is 1. The topological polar surface area (TPSA) is 27.7 Å². The van der Waals surface area contributed by atoms with Gasteiger partial charge in [0.15, 0.2) is 0 Å². The van der Waals surface area contributed by atoms with E-state index in [0.717, 1.165) is 44.7 Å². The molecule has 0 saturated carbocycles. The number of likely N-dealkylation sites (N-methyl/N-ethyl adjacent to an activating group) is 1. The Morgan fingerprint density at radius 3 is 2.79 bits per heavy atom. The van der Waals surface area contributed by atoms with Crippen LogP contribution in [0.2, 0.25) is 0 Å². The third-order valence-corrected chi connectivity index (χ3v) is 3.59. The molecule has 4 nitrogen and oxygen atoms in total. The fourth-order valence-electron chi connectivity index (χ4n) is 2.40. The van der Waals surface area contributed by atoms with Gasteiger partial charge in [0, 0.05) is 19.6 Å². The summed E-state index contributed by atoms with van der Waals surface area (Å²) in [6, 6.07) is 0. The van der Waals surface area contributed by atoms with Gasteiger partial charge in [-0.2, -0.15) is 0 Å². The van der Waals surface area contributed by atoms with E-state index in [2.05, 4.69) is 43.1 Å². The molecule has 0 aliphatic carbocycles. The highest BCUT2D eigenvalue weighted by atomic mass is 16.5. The Labute approximate surface area is 119 Å². The molecule has 0 aromatic carbocycles. The Kier molecular flexibility index (Phi) is 8.62. The lowest BCUT2D eigenvalue weighted by molar-refractivity contribution is 0.0975. The first kappa shape index (κ1) is 16.9.